The van der Waals surface area contributed by atoms with Gasteiger partial charge in [-0.1, -0.05) is 0 Å². The number of hydrogen-bond donors (Lipinski definition) is 0. The Morgan fingerprint density at radius 3 is 1.67 bits per heavy atom. The fourth-order valence-electron chi connectivity index (χ4n) is 0.164. The number of sulfone groups is 1. The van der Waals surface area contributed by atoms with Crippen LogP contribution in [-0.2, 0) is 9.84 Å². The second-order valence-corrected chi connectivity index (χ2v) is 6.16. The second kappa shape index (κ2) is 2.46. The summed E-state index contributed by atoms with van der Waals surface area (Å²) in [4.78, 5) is 0. The topological polar surface area (TPSA) is 34.1 Å². The third kappa shape index (κ3) is 2.14. The highest BCUT2D eigenvalue weighted by molar-refractivity contribution is 7.93. The van der Waals surface area contributed by atoms with Crippen molar-refractivity contribution in [2.24, 2.45) is 0 Å². The van der Waals surface area contributed by atoms with Crippen LogP contribution >= 0.6 is 11.6 Å². The van der Waals surface area contributed by atoms with E-state index in [0.717, 1.165) is 0 Å². The molecule has 2 nitrogen and oxygen atoms in total. The van der Waals surface area contributed by atoms with Gasteiger partial charge in [0.15, 0.2) is 9.84 Å². The molecule has 4 heteroatoms. The summed E-state index contributed by atoms with van der Waals surface area (Å²) >= 11 is 5.19. The van der Waals surface area contributed by atoms with Crippen LogP contribution in [0.2, 0.25) is 0 Å². The van der Waals surface area contributed by atoms with Crippen molar-refractivity contribution in [3.8, 4) is 0 Å². The van der Waals surface area contributed by atoms with Crippen LogP contribution in [-0.4, -0.2) is 18.4 Å². The molecule has 0 heterocycles. The van der Waals surface area contributed by atoms with Crippen molar-refractivity contribution in [2.75, 3.05) is 5.21 Å². The molecule has 0 radical (unpaired) electrons. The average Bonchev–Trinajstić information content (AvgIpc) is 1.64. The molecule has 0 bridgehead atoms. The molecule has 0 aromatic rings. The van der Waals surface area contributed by atoms with Crippen LogP contribution in [0.25, 0.3) is 0 Å². The van der Waals surface area contributed by atoms with Crippen LogP contribution in [0.1, 0.15) is 20.8 Å². The zero-order valence-corrected chi connectivity index (χ0v) is 7.38. The Kier molecular flexibility index (Phi) is 2.53. The molecule has 0 saturated heterocycles. The number of hydrogen-bond acceptors (Lipinski definition) is 2. The van der Waals surface area contributed by atoms with Gasteiger partial charge in [0.2, 0.25) is 0 Å². The molecule has 0 aliphatic heterocycles. The summed E-state index contributed by atoms with van der Waals surface area (Å²) in [6, 6.07) is 0. The zero-order valence-electron chi connectivity index (χ0n) is 5.81. The lowest BCUT2D eigenvalue weighted by atomic mass is 10.3. The average molecular weight is 171 g/mol. The van der Waals surface area contributed by atoms with Crippen molar-refractivity contribution < 1.29 is 8.42 Å². The summed E-state index contributed by atoms with van der Waals surface area (Å²) in [7, 11) is -3.07. The molecule has 0 saturated carbocycles. The van der Waals surface area contributed by atoms with E-state index in [9.17, 15) is 8.42 Å². The molecule has 0 spiro atoms. The molecule has 0 rings (SSSR count). The Morgan fingerprint density at radius 1 is 1.33 bits per heavy atom. The van der Waals surface area contributed by atoms with Crippen molar-refractivity contribution in [3.63, 3.8) is 0 Å². The fourth-order valence-corrected chi connectivity index (χ4v) is 1.47. The maximum atomic E-state index is 10.9. The molecular formula is C5H11ClO2S. The molecule has 0 aliphatic carbocycles. The molecule has 0 N–H and O–H groups in total. The predicted octanol–water partition coefficient (Wildman–Crippen LogP) is 1.40. The maximum absolute atomic E-state index is 10.9. The predicted molar refractivity (Wildman–Crippen MR) is 39.4 cm³/mol. The molecule has 0 amide bonds. The third-order valence-electron chi connectivity index (χ3n) is 1.08. The van der Waals surface area contributed by atoms with Gasteiger partial charge in [-0.15, -0.1) is 11.6 Å². The van der Waals surface area contributed by atoms with E-state index < -0.39 is 14.6 Å². The first-order chi connectivity index (χ1) is 3.81. The van der Waals surface area contributed by atoms with Crippen LogP contribution in [0, 0.1) is 0 Å². The van der Waals surface area contributed by atoms with Gasteiger partial charge in [-0.05, 0) is 20.8 Å². The highest BCUT2D eigenvalue weighted by Crippen LogP contribution is 2.16. The van der Waals surface area contributed by atoms with Gasteiger partial charge in [0.05, 0.1) is 4.75 Å². The number of rotatable bonds is 1. The monoisotopic (exact) mass is 170 g/mol. The Bertz CT molecular complexity index is 176. The third-order valence-corrected chi connectivity index (χ3v) is 4.09. The van der Waals surface area contributed by atoms with E-state index in [1.165, 1.54) is 0 Å². The van der Waals surface area contributed by atoms with E-state index in [-0.39, 0.29) is 5.21 Å². The van der Waals surface area contributed by atoms with E-state index in [4.69, 9.17) is 11.6 Å². The number of alkyl halides is 1. The van der Waals surface area contributed by atoms with E-state index >= 15 is 0 Å². The summed E-state index contributed by atoms with van der Waals surface area (Å²) in [5.74, 6) is 0. The molecule has 0 fully saturated rings. The summed E-state index contributed by atoms with van der Waals surface area (Å²) in [6.07, 6.45) is 0. The minimum Gasteiger partial charge on any atom is -0.227 e. The van der Waals surface area contributed by atoms with Gasteiger partial charge in [-0.3, -0.25) is 0 Å². The van der Waals surface area contributed by atoms with Crippen molar-refractivity contribution in [1.29, 1.82) is 0 Å². The number of halogens is 1. The highest BCUT2D eigenvalue weighted by Gasteiger charge is 2.27. The van der Waals surface area contributed by atoms with Gasteiger partial charge >= 0.3 is 0 Å². The normalized spacial score (nSPS) is 13.8. The minimum absolute atomic E-state index is 0.295. The minimum atomic E-state index is -3.07. The Hall–Kier alpha value is 0.240. The smallest absolute Gasteiger partial charge is 0.169 e. The lowest BCUT2D eigenvalue weighted by molar-refractivity contribution is 0.565. The molecular weight excluding hydrogens is 160 g/mol. The largest absolute Gasteiger partial charge is 0.227 e. The van der Waals surface area contributed by atoms with Crippen molar-refractivity contribution in [2.45, 2.75) is 25.5 Å². The first-order valence-corrected chi connectivity index (χ1v) is 4.78. The van der Waals surface area contributed by atoms with Crippen LogP contribution in [0.15, 0.2) is 0 Å². The Morgan fingerprint density at radius 2 is 1.67 bits per heavy atom. The van der Waals surface area contributed by atoms with Crippen molar-refractivity contribution in [3.05, 3.63) is 0 Å². The highest BCUT2D eigenvalue weighted by atomic mass is 35.5. The summed E-state index contributed by atoms with van der Waals surface area (Å²) < 4.78 is 21.1. The Labute approximate surface area is 61.1 Å². The van der Waals surface area contributed by atoms with Crippen LogP contribution in [0.3, 0.4) is 0 Å². The van der Waals surface area contributed by atoms with Crippen LogP contribution in [0.4, 0.5) is 0 Å². The lowest BCUT2D eigenvalue weighted by Gasteiger charge is -2.16. The van der Waals surface area contributed by atoms with Gasteiger partial charge in [0.1, 0.15) is 5.21 Å². The van der Waals surface area contributed by atoms with E-state index in [1.54, 1.807) is 20.8 Å². The lowest BCUT2D eigenvalue weighted by Crippen LogP contribution is -2.28. The summed E-state index contributed by atoms with van der Waals surface area (Å²) in [5, 5.41) is -0.295. The van der Waals surface area contributed by atoms with E-state index in [2.05, 4.69) is 0 Å². The van der Waals surface area contributed by atoms with Gasteiger partial charge in [-0.2, -0.15) is 0 Å². The molecule has 0 aromatic carbocycles. The molecule has 56 valence electrons. The van der Waals surface area contributed by atoms with E-state index in [1.807, 2.05) is 0 Å². The quantitative estimate of drug-likeness (QED) is 0.558. The van der Waals surface area contributed by atoms with Gasteiger partial charge < -0.3 is 0 Å². The molecule has 0 unspecified atom stereocenters. The molecule has 0 atom stereocenters. The SMILES string of the molecule is CC(C)(C)S(=O)(=O)CCl. The summed E-state index contributed by atoms with van der Waals surface area (Å²) in [5.41, 5.74) is 0. The maximum Gasteiger partial charge on any atom is 0.169 e. The van der Waals surface area contributed by atoms with Crippen molar-refractivity contribution in [1.82, 2.24) is 0 Å². The first kappa shape index (κ1) is 9.24. The van der Waals surface area contributed by atoms with Gasteiger partial charge in [-0.25, -0.2) is 8.42 Å². The van der Waals surface area contributed by atoms with Crippen LogP contribution in [0.5, 0.6) is 0 Å². The Balaban J connectivity index is 4.57. The van der Waals surface area contributed by atoms with Gasteiger partial charge in [0.25, 0.3) is 0 Å². The fraction of sp³-hybridized carbons (Fsp3) is 1.00. The standard InChI is InChI=1S/C5H11ClO2S/c1-5(2,3)9(7,8)4-6/h4H2,1-3H3. The zero-order chi connectivity index (χ0) is 7.71. The van der Waals surface area contributed by atoms with E-state index in [0.29, 0.717) is 0 Å². The second-order valence-electron chi connectivity index (χ2n) is 2.84. The van der Waals surface area contributed by atoms with Crippen molar-refractivity contribution >= 4 is 21.4 Å². The molecule has 0 aromatic heterocycles. The molecule has 9 heavy (non-hydrogen) atoms. The molecule has 0 aliphatic rings. The van der Waals surface area contributed by atoms with Crippen LogP contribution < -0.4 is 0 Å². The van der Waals surface area contributed by atoms with Gasteiger partial charge in [0, 0.05) is 0 Å². The first-order valence-electron chi connectivity index (χ1n) is 2.59. The summed E-state index contributed by atoms with van der Waals surface area (Å²) in [6.45, 7) is 4.89.